The van der Waals surface area contributed by atoms with E-state index in [-0.39, 0.29) is 11.2 Å². The molecule has 0 aromatic heterocycles. The average Bonchev–Trinajstić information content (AvgIpc) is 2.62. The molecule has 1 aliphatic carbocycles. The normalized spacial score (nSPS) is 15.9. The van der Waals surface area contributed by atoms with Gasteiger partial charge in [-0.25, -0.2) is 13.1 Å². The van der Waals surface area contributed by atoms with E-state index in [1.165, 1.54) is 0 Å². The van der Waals surface area contributed by atoms with E-state index in [1.807, 2.05) is 24.3 Å². The third-order valence-electron chi connectivity index (χ3n) is 4.65. The molecule has 1 aliphatic rings. The number of hydrogen-bond acceptors (Lipinski definition) is 4. The molecule has 1 aromatic rings. The number of nitrogens with one attached hydrogen (secondary N) is 1. The van der Waals surface area contributed by atoms with Crippen LogP contribution in [-0.2, 0) is 32.4 Å². The lowest BCUT2D eigenvalue weighted by atomic mass is 10.0. The van der Waals surface area contributed by atoms with E-state index in [4.69, 9.17) is 4.74 Å². The fourth-order valence-corrected chi connectivity index (χ4v) is 4.76. The summed E-state index contributed by atoms with van der Waals surface area (Å²) < 4.78 is 32.2. The zero-order valence-electron chi connectivity index (χ0n) is 15.0. The SMILES string of the molecule is CCOC(=O)CCc1ccc(CCNS(=O)(=O)C2CCCCC2)cc1. The van der Waals surface area contributed by atoms with Crippen molar-refractivity contribution in [3.8, 4) is 0 Å². The lowest BCUT2D eigenvalue weighted by molar-refractivity contribution is -0.143. The predicted molar refractivity (Wildman–Crippen MR) is 98.9 cm³/mol. The van der Waals surface area contributed by atoms with Gasteiger partial charge in [-0.3, -0.25) is 4.79 Å². The quantitative estimate of drug-likeness (QED) is 0.681. The van der Waals surface area contributed by atoms with Crippen LogP contribution in [0.2, 0.25) is 0 Å². The summed E-state index contributed by atoms with van der Waals surface area (Å²) in [7, 11) is -3.19. The molecule has 0 unspecified atom stereocenters. The van der Waals surface area contributed by atoms with Crippen molar-refractivity contribution in [2.24, 2.45) is 0 Å². The van der Waals surface area contributed by atoms with Gasteiger partial charge in [-0.1, -0.05) is 43.5 Å². The van der Waals surface area contributed by atoms with Crippen LogP contribution < -0.4 is 4.72 Å². The molecular weight excluding hydrogens is 338 g/mol. The minimum absolute atomic E-state index is 0.177. The van der Waals surface area contributed by atoms with Crippen molar-refractivity contribution in [1.82, 2.24) is 4.72 Å². The van der Waals surface area contributed by atoms with E-state index >= 15 is 0 Å². The Hall–Kier alpha value is -1.40. The second-order valence-corrected chi connectivity index (χ2v) is 8.62. The smallest absolute Gasteiger partial charge is 0.306 e. The van der Waals surface area contributed by atoms with Gasteiger partial charge >= 0.3 is 5.97 Å². The highest BCUT2D eigenvalue weighted by atomic mass is 32.2. The summed E-state index contributed by atoms with van der Waals surface area (Å²) in [5, 5.41) is -0.216. The van der Waals surface area contributed by atoms with Crippen molar-refractivity contribution in [3.05, 3.63) is 35.4 Å². The topological polar surface area (TPSA) is 72.5 Å². The third kappa shape index (κ3) is 6.78. The van der Waals surface area contributed by atoms with Crippen LogP contribution in [0.15, 0.2) is 24.3 Å². The van der Waals surface area contributed by atoms with Crippen LogP contribution in [0.1, 0.15) is 56.6 Å². The molecule has 1 N–H and O–H groups in total. The van der Waals surface area contributed by atoms with Crippen molar-refractivity contribution in [2.75, 3.05) is 13.2 Å². The maximum absolute atomic E-state index is 12.3. The van der Waals surface area contributed by atoms with E-state index in [0.29, 0.717) is 32.4 Å². The summed E-state index contributed by atoms with van der Waals surface area (Å²) >= 11 is 0. The summed E-state index contributed by atoms with van der Waals surface area (Å²) in [5.74, 6) is -0.177. The fraction of sp³-hybridized carbons (Fsp3) is 0.632. The molecule has 0 saturated heterocycles. The Morgan fingerprint density at radius 2 is 1.68 bits per heavy atom. The molecule has 25 heavy (non-hydrogen) atoms. The van der Waals surface area contributed by atoms with Crippen LogP contribution in [0, 0.1) is 0 Å². The fourth-order valence-electron chi connectivity index (χ4n) is 3.18. The van der Waals surface area contributed by atoms with Gasteiger partial charge in [0.25, 0.3) is 0 Å². The molecular formula is C19H29NO4S. The van der Waals surface area contributed by atoms with Gasteiger partial charge in [0.15, 0.2) is 0 Å². The van der Waals surface area contributed by atoms with Gasteiger partial charge in [-0.2, -0.15) is 0 Å². The number of carbonyl (C=O) groups excluding carboxylic acids is 1. The third-order valence-corrected chi connectivity index (χ3v) is 6.61. The summed E-state index contributed by atoms with van der Waals surface area (Å²) in [6.07, 6.45) is 6.45. The van der Waals surface area contributed by atoms with Gasteiger partial charge in [-0.15, -0.1) is 0 Å². The molecule has 0 aliphatic heterocycles. The number of benzene rings is 1. The van der Waals surface area contributed by atoms with Crippen LogP contribution in [0.4, 0.5) is 0 Å². The first-order chi connectivity index (χ1) is 12.0. The maximum atomic E-state index is 12.3. The van der Waals surface area contributed by atoms with E-state index in [1.54, 1.807) is 6.92 Å². The van der Waals surface area contributed by atoms with Gasteiger partial charge < -0.3 is 4.74 Å². The minimum Gasteiger partial charge on any atom is -0.466 e. The van der Waals surface area contributed by atoms with Crippen LogP contribution in [-0.4, -0.2) is 32.8 Å². The summed E-state index contributed by atoms with van der Waals surface area (Å²) in [6, 6.07) is 7.97. The second-order valence-electron chi connectivity index (χ2n) is 6.57. The van der Waals surface area contributed by atoms with Crippen molar-refractivity contribution in [1.29, 1.82) is 0 Å². The van der Waals surface area contributed by atoms with Gasteiger partial charge in [0.1, 0.15) is 0 Å². The molecule has 0 radical (unpaired) electrons. The average molecular weight is 368 g/mol. The lowest BCUT2D eigenvalue weighted by Gasteiger charge is -2.22. The van der Waals surface area contributed by atoms with E-state index in [2.05, 4.69) is 4.72 Å². The molecule has 1 aromatic carbocycles. The monoisotopic (exact) mass is 367 g/mol. The van der Waals surface area contributed by atoms with Crippen LogP contribution >= 0.6 is 0 Å². The number of sulfonamides is 1. The van der Waals surface area contributed by atoms with E-state index < -0.39 is 10.0 Å². The molecule has 0 heterocycles. The molecule has 2 rings (SSSR count). The Morgan fingerprint density at radius 1 is 1.08 bits per heavy atom. The number of aryl methyl sites for hydroxylation is 1. The minimum atomic E-state index is -3.19. The number of ether oxygens (including phenoxy) is 1. The zero-order chi connectivity index (χ0) is 18.1. The summed E-state index contributed by atoms with van der Waals surface area (Å²) in [4.78, 5) is 11.4. The molecule has 5 nitrogen and oxygen atoms in total. The van der Waals surface area contributed by atoms with E-state index in [0.717, 1.165) is 43.2 Å². The first kappa shape index (κ1) is 19.9. The summed E-state index contributed by atoms with van der Waals surface area (Å²) in [6.45, 7) is 2.64. The molecule has 140 valence electrons. The first-order valence-corrected chi connectivity index (χ1v) is 10.8. The summed E-state index contributed by atoms with van der Waals surface area (Å²) in [5.41, 5.74) is 2.17. The molecule has 0 amide bonds. The van der Waals surface area contributed by atoms with Gasteiger partial charge in [-0.05, 0) is 43.7 Å². The molecule has 0 bridgehead atoms. The van der Waals surface area contributed by atoms with Crippen LogP contribution in [0.3, 0.4) is 0 Å². The van der Waals surface area contributed by atoms with Gasteiger partial charge in [0.2, 0.25) is 10.0 Å². The maximum Gasteiger partial charge on any atom is 0.306 e. The highest BCUT2D eigenvalue weighted by Gasteiger charge is 2.26. The number of hydrogen-bond donors (Lipinski definition) is 1. The van der Waals surface area contributed by atoms with Crippen LogP contribution in [0.25, 0.3) is 0 Å². The van der Waals surface area contributed by atoms with Crippen LogP contribution in [0.5, 0.6) is 0 Å². The Balaban J connectivity index is 1.74. The standard InChI is InChI=1S/C19H29NO4S/c1-2-24-19(21)13-12-16-8-10-17(11-9-16)14-15-20-25(22,23)18-6-4-3-5-7-18/h8-11,18,20H,2-7,12-15H2,1H3. The van der Waals surface area contributed by atoms with Crippen molar-refractivity contribution < 1.29 is 17.9 Å². The number of rotatable bonds is 9. The highest BCUT2D eigenvalue weighted by molar-refractivity contribution is 7.90. The Bertz CT molecular complexity index is 634. The largest absolute Gasteiger partial charge is 0.466 e. The van der Waals surface area contributed by atoms with Gasteiger partial charge in [0, 0.05) is 13.0 Å². The van der Waals surface area contributed by atoms with Crippen molar-refractivity contribution >= 4 is 16.0 Å². The van der Waals surface area contributed by atoms with Gasteiger partial charge in [0.05, 0.1) is 11.9 Å². The molecule has 0 spiro atoms. The Labute approximate surface area is 151 Å². The Morgan fingerprint density at radius 3 is 2.28 bits per heavy atom. The number of carbonyl (C=O) groups is 1. The zero-order valence-corrected chi connectivity index (χ0v) is 15.8. The molecule has 6 heteroatoms. The predicted octanol–water partition coefficient (Wildman–Crippen LogP) is 2.98. The first-order valence-electron chi connectivity index (χ1n) is 9.23. The Kier molecular flexibility index (Phi) is 7.90. The number of esters is 1. The molecule has 1 fully saturated rings. The van der Waals surface area contributed by atoms with Crippen molar-refractivity contribution in [2.45, 2.75) is 63.5 Å². The van der Waals surface area contributed by atoms with E-state index in [9.17, 15) is 13.2 Å². The highest BCUT2D eigenvalue weighted by Crippen LogP contribution is 2.22. The second kappa shape index (κ2) is 9.92. The van der Waals surface area contributed by atoms with Crippen molar-refractivity contribution in [3.63, 3.8) is 0 Å². The molecule has 1 saturated carbocycles. The lowest BCUT2D eigenvalue weighted by Crippen LogP contribution is -2.36. The molecule has 0 atom stereocenters.